The van der Waals surface area contributed by atoms with E-state index in [0.717, 1.165) is 11.3 Å². The molecule has 0 aliphatic carbocycles. The molecule has 0 amide bonds. The number of esters is 1. The van der Waals surface area contributed by atoms with E-state index in [2.05, 4.69) is 5.23 Å². The van der Waals surface area contributed by atoms with Gasteiger partial charge in [0.2, 0.25) is 0 Å². The van der Waals surface area contributed by atoms with E-state index in [1.165, 1.54) is 0 Å². The zero-order valence-corrected chi connectivity index (χ0v) is 20.0. The summed E-state index contributed by atoms with van der Waals surface area (Å²) in [7, 11) is -0.861. The van der Waals surface area contributed by atoms with Crippen molar-refractivity contribution in [1.29, 1.82) is 0 Å². The van der Waals surface area contributed by atoms with E-state index >= 15 is 0 Å². The van der Waals surface area contributed by atoms with Crippen molar-refractivity contribution in [2.45, 2.75) is 59.0 Å². The summed E-state index contributed by atoms with van der Waals surface area (Å²) in [6.45, 7) is 10.0. The summed E-state index contributed by atoms with van der Waals surface area (Å²) >= 11 is 11.8. The van der Waals surface area contributed by atoms with Crippen molar-refractivity contribution in [2.75, 3.05) is 29.7 Å². The molecular weight excluding hydrogens is 426 g/mol. The highest BCUT2D eigenvalue weighted by Gasteiger charge is 2.25. The van der Waals surface area contributed by atoms with Crippen LogP contribution < -0.4 is 10.1 Å². The van der Waals surface area contributed by atoms with Crippen molar-refractivity contribution in [2.24, 2.45) is 0 Å². The minimum absolute atomic E-state index is 0.0166. The number of nitrogens with zero attached hydrogens (tertiary/aromatic N) is 1. The standard InChI is InChI=1S/C21H33BCl2N2O4/c1-15-6-7-17(26(10-8-23)11-9-24)14-18(15)19(27)12-16(25-22(5)29)13-20(28)30-21(2,3)4/h6-7,14,16,25,29H,8-13H2,1-5H3/t16-/m0/s1. The SMILES string of the molecule is CB(O)N[C@H](CC(=O)OC(C)(C)C)CC(=O)c1cc(N(CCCl)CCCl)ccc1C. The lowest BCUT2D eigenvalue weighted by molar-refractivity contribution is -0.155. The number of anilines is 1. The van der Waals surface area contributed by atoms with Crippen molar-refractivity contribution < 1.29 is 19.3 Å². The number of carbonyl (C=O) groups is 2. The molecule has 1 aromatic rings. The molecule has 0 aliphatic heterocycles. The molecule has 0 heterocycles. The highest BCUT2D eigenvalue weighted by atomic mass is 35.5. The van der Waals surface area contributed by atoms with E-state index in [9.17, 15) is 14.6 Å². The van der Waals surface area contributed by atoms with Crippen molar-refractivity contribution in [3.63, 3.8) is 0 Å². The van der Waals surface area contributed by atoms with Crippen LogP contribution in [0.3, 0.4) is 0 Å². The molecule has 30 heavy (non-hydrogen) atoms. The quantitative estimate of drug-likeness (QED) is 0.215. The van der Waals surface area contributed by atoms with Gasteiger partial charge in [-0.25, -0.2) is 0 Å². The van der Waals surface area contributed by atoms with Crippen LogP contribution >= 0.6 is 23.2 Å². The molecule has 0 bridgehead atoms. The molecule has 0 radical (unpaired) electrons. The summed E-state index contributed by atoms with van der Waals surface area (Å²) < 4.78 is 5.36. The van der Waals surface area contributed by atoms with Crippen LogP contribution in [0.1, 0.15) is 49.5 Å². The Kier molecular flexibility index (Phi) is 11.2. The van der Waals surface area contributed by atoms with Crippen molar-refractivity contribution in [1.82, 2.24) is 5.23 Å². The van der Waals surface area contributed by atoms with Crippen molar-refractivity contribution >= 4 is 47.7 Å². The Hall–Kier alpha value is -1.28. The molecule has 0 spiro atoms. The number of halogens is 2. The lowest BCUT2D eigenvalue weighted by Gasteiger charge is -2.25. The van der Waals surface area contributed by atoms with E-state index in [0.29, 0.717) is 30.4 Å². The van der Waals surface area contributed by atoms with Gasteiger partial charge in [-0.3, -0.25) is 9.59 Å². The third-order valence-corrected chi connectivity index (χ3v) is 4.68. The number of rotatable bonds is 12. The van der Waals surface area contributed by atoms with Gasteiger partial charge in [0.1, 0.15) is 5.60 Å². The van der Waals surface area contributed by atoms with E-state index in [1.807, 2.05) is 30.0 Å². The number of ether oxygens (including phenoxy) is 1. The molecule has 168 valence electrons. The second-order valence-corrected chi connectivity index (χ2v) is 9.08. The molecule has 0 unspecified atom stereocenters. The Labute approximate surface area is 190 Å². The van der Waals surface area contributed by atoms with Gasteiger partial charge in [0, 0.05) is 48.6 Å². The number of nitrogens with one attached hydrogen (secondary N) is 1. The summed E-state index contributed by atoms with van der Waals surface area (Å²) in [4.78, 5) is 27.3. The molecule has 9 heteroatoms. The smallest absolute Gasteiger partial charge is 0.373 e. The molecule has 0 fully saturated rings. The maximum absolute atomic E-state index is 13.1. The van der Waals surface area contributed by atoms with Gasteiger partial charge in [0.15, 0.2) is 5.78 Å². The topological polar surface area (TPSA) is 78.9 Å². The normalized spacial score (nSPS) is 12.4. The molecule has 6 nitrogen and oxygen atoms in total. The van der Waals surface area contributed by atoms with Gasteiger partial charge >= 0.3 is 13.0 Å². The van der Waals surface area contributed by atoms with Crippen LogP contribution in [-0.4, -0.2) is 60.3 Å². The second kappa shape index (κ2) is 12.5. The van der Waals surface area contributed by atoms with Crippen LogP contribution in [0.4, 0.5) is 5.69 Å². The third kappa shape index (κ3) is 9.69. The molecule has 1 atom stereocenters. The molecule has 2 N–H and O–H groups in total. The molecule has 1 rings (SSSR count). The van der Waals surface area contributed by atoms with Crippen LogP contribution in [0.2, 0.25) is 6.82 Å². The van der Waals surface area contributed by atoms with Crippen molar-refractivity contribution in [3.8, 4) is 0 Å². The number of hydrogen-bond donors (Lipinski definition) is 2. The highest BCUT2D eigenvalue weighted by Crippen LogP contribution is 2.22. The fourth-order valence-corrected chi connectivity index (χ4v) is 3.54. The van der Waals surface area contributed by atoms with E-state index in [1.54, 1.807) is 27.6 Å². The Balaban J connectivity index is 3.02. The lowest BCUT2D eigenvalue weighted by Crippen LogP contribution is -2.43. The van der Waals surface area contributed by atoms with Gasteiger partial charge in [-0.15, -0.1) is 23.2 Å². The zero-order valence-electron chi connectivity index (χ0n) is 18.5. The Morgan fingerprint density at radius 3 is 2.30 bits per heavy atom. The molecule has 0 aliphatic rings. The van der Waals surface area contributed by atoms with Gasteiger partial charge in [0.25, 0.3) is 0 Å². The second-order valence-electron chi connectivity index (χ2n) is 8.32. The summed E-state index contributed by atoms with van der Waals surface area (Å²) in [5.74, 6) is 0.358. The molecule has 0 saturated heterocycles. The first-order valence-corrected chi connectivity index (χ1v) is 11.2. The lowest BCUT2D eigenvalue weighted by atomic mass is 9.85. The minimum Gasteiger partial charge on any atom is -0.460 e. The maximum Gasteiger partial charge on any atom is 0.373 e. The first-order valence-electron chi connectivity index (χ1n) is 10.1. The van der Waals surface area contributed by atoms with E-state index in [4.69, 9.17) is 27.9 Å². The fraction of sp³-hybridized carbons (Fsp3) is 0.619. The van der Waals surface area contributed by atoms with Crippen LogP contribution in [-0.2, 0) is 9.53 Å². The average Bonchev–Trinajstić information content (AvgIpc) is 2.59. The summed E-state index contributed by atoms with van der Waals surface area (Å²) in [5.41, 5.74) is 1.67. The van der Waals surface area contributed by atoms with Crippen LogP contribution in [0.5, 0.6) is 0 Å². The largest absolute Gasteiger partial charge is 0.460 e. The Bertz CT molecular complexity index is 705. The van der Waals surface area contributed by atoms with Crippen LogP contribution in [0.15, 0.2) is 18.2 Å². The number of Topliss-reactive ketones (excluding diaryl/α,β-unsaturated/α-hetero) is 1. The summed E-state index contributed by atoms with van der Waals surface area (Å²) in [5, 5.41) is 12.6. The van der Waals surface area contributed by atoms with E-state index < -0.39 is 24.7 Å². The monoisotopic (exact) mass is 458 g/mol. The van der Waals surface area contributed by atoms with Crippen LogP contribution in [0, 0.1) is 6.92 Å². The number of benzene rings is 1. The predicted octanol–water partition coefficient (Wildman–Crippen LogP) is 3.65. The molecular formula is C21H33BCl2N2O4. The first kappa shape index (κ1) is 26.8. The minimum atomic E-state index is -0.861. The molecule has 0 saturated carbocycles. The van der Waals surface area contributed by atoms with Crippen LogP contribution in [0.25, 0.3) is 0 Å². The fourth-order valence-electron chi connectivity index (χ4n) is 3.13. The van der Waals surface area contributed by atoms with Gasteiger partial charge in [-0.1, -0.05) is 6.07 Å². The van der Waals surface area contributed by atoms with Gasteiger partial charge in [0.05, 0.1) is 6.42 Å². The first-order chi connectivity index (χ1) is 14.0. The van der Waals surface area contributed by atoms with E-state index in [-0.39, 0.29) is 18.6 Å². The van der Waals surface area contributed by atoms with Crippen molar-refractivity contribution in [3.05, 3.63) is 29.3 Å². The number of hydrogen-bond acceptors (Lipinski definition) is 6. The Morgan fingerprint density at radius 2 is 1.80 bits per heavy atom. The predicted molar refractivity (Wildman–Crippen MR) is 125 cm³/mol. The highest BCUT2D eigenvalue weighted by molar-refractivity contribution is 6.45. The molecule has 1 aromatic carbocycles. The summed E-state index contributed by atoms with van der Waals surface area (Å²) in [6, 6.07) is 5.13. The number of aryl methyl sites for hydroxylation is 1. The number of carbonyl (C=O) groups excluding carboxylic acids is 2. The summed E-state index contributed by atoms with van der Waals surface area (Å²) in [6.07, 6.45) is 0.0384. The zero-order chi connectivity index (χ0) is 22.9. The van der Waals surface area contributed by atoms with Gasteiger partial charge in [-0.05, 0) is 52.2 Å². The maximum atomic E-state index is 13.1. The third-order valence-electron chi connectivity index (χ3n) is 4.34. The Morgan fingerprint density at radius 1 is 1.20 bits per heavy atom. The molecule has 0 aromatic heterocycles. The number of alkyl halides is 2. The average molecular weight is 459 g/mol. The van der Waals surface area contributed by atoms with Gasteiger partial charge < -0.3 is 19.9 Å². The van der Waals surface area contributed by atoms with Gasteiger partial charge in [-0.2, -0.15) is 0 Å². The number of ketones is 1.